The first-order chi connectivity index (χ1) is 15.0. The summed E-state index contributed by atoms with van der Waals surface area (Å²) in [5.74, 6) is -4.40. The van der Waals surface area contributed by atoms with Crippen molar-refractivity contribution >= 4 is 23.7 Å². The van der Waals surface area contributed by atoms with Crippen LogP contribution in [0, 0.1) is 0 Å². The summed E-state index contributed by atoms with van der Waals surface area (Å²) in [6.45, 7) is -0.644. The molecule has 178 valence electrons. The highest BCUT2D eigenvalue weighted by atomic mass is 16.4. The number of rotatable bonds is 12. The van der Waals surface area contributed by atoms with Crippen molar-refractivity contribution in [2.75, 3.05) is 13.2 Å². The van der Waals surface area contributed by atoms with Crippen molar-refractivity contribution in [1.82, 2.24) is 16.0 Å². The van der Waals surface area contributed by atoms with Crippen LogP contribution in [0.3, 0.4) is 0 Å². The summed E-state index contributed by atoms with van der Waals surface area (Å²) < 4.78 is 0. The minimum Gasteiger partial charge on any atom is -0.508 e. The Morgan fingerprint density at radius 2 is 1.38 bits per heavy atom. The molecule has 0 bridgehead atoms. The van der Waals surface area contributed by atoms with Crippen LogP contribution in [-0.2, 0) is 25.6 Å². The summed E-state index contributed by atoms with van der Waals surface area (Å²) in [4.78, 5) is 47.8. The number of phenols is 1. The average Bonchev–Trinajstić information content (AvgIpc) is 2.74. The first-order valence-electron chi connectivity index (χ1n) is 9.57. The second-order valence-electron chi connectivity index (χ2n) is 7.03. The van der Waals surface area contributed by atoms with Crippen molar-refractivity contribution in [2.45, 2.75) is 43.6 Å². The fraction of sp³-hybridized carbons (Fsp3) is 0.474. The Bertz CT molecular complexity index is 800. The number of carboxylic acids is 1. The molecule has 0 fully saturated rings. The molecule has 0 saturated carbocycles. The number of aliphatic carboxylic acids is 1. The highest BCUT2D eigenvalue weighted by Crippen LogP contribution is 2.11. The smallest absolute Gasteiger partial charge is 0.328 e. The molecule has 0 heterocycles. The van der Waals surface area contributed by atoms with Crippen molar-refractivity contribution in [3.63, 3.8) is 0 Å². The van der Waals surface area contributed by atoms with E-state index in [9.17, 15) is 39.6 Å². The molecule has 0 aliphatic heterocycles. The van der Waals surface area contributed by atoms with Gasteiger partial charge in [-0.15, -0.1) is 0 Å². The second-order valence-corrected chi connectivity index (χ2v) is 7.03. The highest BCUT2D eigenvalue weighted by Gasteiger charge is 2.31. The summed E-state index contributed by atoms with van der Waals surface area (Å²) >= 11 is 0. The van der Waals surface area contributed by atoms with Gasteiger partial charge in [0.25, 0.3) is 0 Å². The second kappa shape index (κ2) is 12.6. The minimum absolute atomic E-state index is 0.0365. The van der Waals surface area contributed by atoms with Crippen molar-refractivity contribution in [3.8, 4) is 5.75 Å². The van der Waals surface area contributed by atoms with Crippen molar-refractivity contribution < 1.29 is 44.7 Å². The molecule has 0 aromatic heterocycles. The predicted octanol–water partition coefficient (Wildman–Crippen LogP) is -3.83. The molecule has 0 aliphatic carbocycles. The first kappa shape index (κ1) is 26.8. The lowest BCUT2D eigenvalue weighted by Crippen LogP contribution is -2.60. The van der Waals surface area contributed by atoms with E-state index in [2.05, 4.69) is 10.6 Å². The number of carboxylic acid groups (broad SMARTS) is 1. The minimum atomic E-state index is -1.68. The molecule has 0 spiro atoms. The van der Waals surface area contributed by atoms with Crippen molar-refractivity contribution in [1.29, 1.82) is 0 Å². The lowest BCUT2D eigenvalue weighted by molar-refractivity contribution is -0.145. The summed E-state index contributed by atoms with van der Waals surface area (Å²) in [5, 5.41) is 52.8. The van der Waals surface area contributed by atoms with Gasteiger partial charge in [-0.3, -0.25) is 14.4 Å². The number of phenolic OH excluding ortho intramolecular Hbond substituents is 1. The number of carbonyl (C=O) groups is 4. The molecule has 13 heteroatoms. The Balaban J connectivity index is 2.72. The van der Waals surface area contributed by atoms with Crippen LogP contribution >= 0.6 is 0 Å². The fourth-order valence-electron chi connectivity index (χ4n) is 2.56. The van der Waals surface area contributed by atoms with Gasteiger partial charge in [0.2, 0.25) is 17.7 Å². The molecule has 1 aromatic carbocycles. The number of amides is 3. The van der Waals surface area contributed by atoms with Gasteiger partial charge in [-0.2, -0.15) is 0 Å². The standard InChI is InChI=1S/C19H28N4O9/c1-9(26)15(19(31)32)23-18(30)14(8-25)22-17(29)13(7-24)21-16(28)12(20)6-10-2-4-11(27)5-3-10/h2-5,9,12-15,24-27H,6-8,20H2,1H3,(H,21,28)(H,22,29)(H,23,30)(H,31,32). The van der Waals surface area contributed by atoms with Gasteiger partial charge >= 0.3 is 5.97 Å². The lowest BCUT2D eigenvalue weighted by Gasteiger charge is -2.24. The Hall–Kier alpha value is -3.26. The Morgan fingerprint density at radius 1 is 0.906 bits per heavy atom. The average molecular weight is 456 g/mol. The number of nitrogens with one attached hydrogen (secondary N) is 3. The van der Waals surface area contributed by atoms with E-state index in [4.69, 9.17) is 10.8 Å². The third-order valence-electron chi connectivity index (χ3n) is 4.41. The topological polar surface area (TPSA) is 232 Å². The number of benzene rings is 1. The summed E-state index contributed by atoms with van der Waals surface area (Å²) in [5.41, 5.74) is 6.44. The van der Waals surface area contributed by atoms with E-state index >= 15 is 0 Å². The molecule has 0 aliphatic rings. The number of hydrogen-bond donors (Lipinski definition) is 9. The molecule has 0 saturated heterocycles. The van der Waals surface area contributed by atoms with E-state index in [1.807, 2.05) is 5.32 Å². The van der Waals surface area contributed by atoms with E-state index in [0.29, 0.717) is 5.56 Å². The number of hydrogen-bond acceptors (Lipinski definition) is 9. The van der Waals surface area contributed by atoms with Gasteiger partial charge in [0.05, 0.1) is 25.4 Å². The summed E-state index contributed by atoms with van der Waals surface area (Å²) in [7, 11) is 0. The van der Waals surface area contributed by atoms with Crippen LogP contribution in [0.5, 0.6) is 5.75 Å². The van der Waals surface area contributed by atoms with Crippen LogP contribution in [0.15, 0.2) is 24.3 Å². The predicted molar refractivity (Wildman–Crippen MR) is 109 cm³/mol. The van der Waals surface area contributed by atoms with Gasteiger partial charge in [-0.05, 0) is 31.0 Å². The quantitative estimate of drug-likeness (QED) is 0.149. The fourth-order valence-corrected chi connectivity index (χ4v) is 2.56. The number of nitrogens with two attached hydrogens (primary N) is 1. The van der Waals surface area contributed by atoms with E-state index in [0.717, 1.165) is 6.92 Å². The molecular formula is C19H28N4O9. The van der Waals surface area contributed by atoms with Crippen LogP contribution in [0.2, 0.25) is 0 Å². The zero-order chi connectivity index (χ0) is 24.4. The molecule has 5 atom stereocenters. The third kappa shape index (κ3) is 8.11. The number of aromatic hydroxyl groups is 1. The van der Waals surface area contributed by atoms with E-state index in [1.54, 1.807) is 12.1 Å². The summed E-state index contributed by atoms with van der Waals surface area (Å²) in [6, 6.07) is 0.0384. The van der Waals surface area contributed by atoms with Crippen LogP contribution in [0.25, 0.3) is 0 Å². The van der Waals surface area contributed by atoms with E-state index in [-0.39, 0.29) is 12.2 Å². The molecular weight excluding hydrogens is 428 g/mol. The maximum atomic E-state index is 12.3. The van der Waals surface area contributed by atoms with Crippen LogP contribution < -0.4 is 21.7 Å². The molecule has 32 heavy (non-hydrogen) atoms. The van der Waals surface area contributed by atoms with Gasteiger partial charge in [-0.1, -0.05) is 12.1 Å². The van der Waals surface area contributed by atoms with E-state index in [1.165, 1.54) is 12.1 Å². The Kier molecular flexibility index (Phi) is 10.5. The van der Waals surface area contributed by atoms with Crippen molar-refractivity contribution in [3.05, 3.63) is 29.8 Å². The van der Waals surface area contributed by atoms with Gasteiger partial charge in [0.1, 0.15) is 17.8 Å². The van der Waals surface area contributed by atoms with Crippen LogP contribution in [-0.4, -0.2) is 92.7 Å². The monoisotopic (exact) mass is 456 g/mol. The van der Waals surface area contributed by atoms with Crippen LogP contribution in [0.4, 0.5) is 0 Å². The zero-order valence-electron chi connectivity index (χ0n) is 17.3. The number of aliphatic hydroxyl groups is 3. The third-order valence-corrected chi connectivity index (χ3v) is 4.41. The van der Waals surface area contributed by atoms with Gasteiger partial charge in [0, 0.05) is 0 Å². The lowest BCUT2D eigenvalue weighted by atomic mass is 10.1. The number of carbonyl (C=O) groups excluding carboxylic acids is 3. The maximum absolute atomic E-state index is 12.3. The van der Waals surface area contributed by atoms with Crippen LogP contribution in [0.1, 0.15) is 12.5 Å². The molecule has 5 unspecified atom stereocenters. The van der Waals surface area contributed by atoms with Gasteiger partial charge in [-0.25, -0.2) is 4.79 Å². The Labute approximate surface area is 183 Å². The number of aliphatic hydroxyl groups excluding tert-OH is 3. The van der Waals surface area contributed by atoms with E-state index < -0.39 is 67.2 Å². The molecule has 3 amide bonds. The molecule has 13 nitrogen and oxygen atoms in total. The maximum Gasteiger partial charge on any atom is 0.328 e. The SMILES string of the molecule is CC(O)C(NC(=O)C(CO)NC(=O)C(CO)NC(=O)C(N)Cc1ccc(O)cc1)C(=O)O. The normalized spacial score (nSPS) is 15.5. The summed E-state index contributed by atoms with van der Waals surface area (Å²) in [6.07, 6.45) is -1.38. The molecule has 1 rings (SSSR count). The van der Waals surface area contributed by atoms with Crippen molar-refractivity contribution in [2.24, 2.45) is 5.73 Å². The molecule has 1 aromatic rings. The highest BCUT2D eigenvalue weighted by molar-refractivity contribution is 5.94. The molecule has 10 N–H and O–H groups in total. The Morgan fingerprint density at radius 3 is 1.81 bits per heavy atom. The van der Waals surface area contributed by atoms with Gasteiger partial charge in [0.15, 0.2) is 6.04 Å². The molecule has 0 radical (unpaired) electrons. The first-order valence-corrected chi connectivity index (χ1v) is 9.57. The van der Waals surface area contributed by atoms with Gasteiger partial charge < -0.3 is 47.2 Å². The zero-order valence-corrected chi connectivity index (χ0v) is 17.3. The largest absolute Gasteiger partial charge is 0.508 e.